The third-order valence-corrected chi connectivity index (χ3v) is 3.96. The lowest BCUT2D eigenvalue weighted by Crippen LogP contribution is -1.91. The molecule has 3 aromatic rings. The molecule has 0 fully saturated rings. The minimum atomic E-state index is 0.750. The Morgan fingerprint density at radius 3 is 2.76 bits per heavy atom. The number of aromatic nitrogens is 2. The standard InChI is InChI=1S/C15H11BrN4S/c16-12-6-4-11(5-7-12)14-10-21-15(19-14)20-18-9-13-3-1-2-8-17-13/h1-10H,(H,19,20)/b18-9+. The number of nitrogens with one attached hydrogen (secondary N) is 1. The van der Waals surface area contributed by atoms with Gasteiger partial charge in [-0.3, -0.25) is 10.4 Å². The molecular weight excluding hydrogens is 348 g/mol. The van der Waals surface area contributed by atoms with Gasteiger partial charge in [0.25, 0.3) is 0 Å². The summed E-state index contributed by atoms with van der Waals surface area (Å²) in [6.07, 6.45) is 3.40. The lowest BCUT2D eigenvalue weighted by Gasteiger charge is -1.96. The fraction of sp³-hybridized carbons (Fsp3) is 0. The molecule has 0 saturated carbocycles. The average molecular weight is 359 g/mol. The zero-order valence-electron chi connectivity index (χ0n) is 10.9. The molecule has 2 heterocycles. The summed E-state index contributed by atoms with van der Waals surface area (Å²) in [5.74, 6) is 0. The second-order valence-corrected chi connectivity index (χ2v) is 5.94. The van der Waals surface area contributed by atoms with E-state index in [1.807, 2.05) is 47.8 Å². The number of hydrazone groups is 1. The monoisotopic (exact) mass is 358 g/mol. The van der Waals surface area contributed by atoms with Gasteiger partial charge in [-0.15, -0.1) is 11.3 Å². The van der Waals surface area contributed by atoms with E-state index >= 15 is 0 Å². The molecule has 0 bridgehead atoms. The lowest BCUT2D eigenvalue weighted by atomic mass is 10.2. The van der Waals surface area contributed by atoms with Gasteiger partial charge in [-0.25, -0.2) is 4.98 Å². The summed E-state index contributed by atoms with van der Waals surface area (Å²) in [5.41, 5.74) is 5.74. The number of rotatable bonds is 4. The molecule has 3 rings (SSSR count). The van der Waals surface area contributed by atoms with Crippen LogP contribution >= 0.6 is 27.3 Å². The maximum Gasteiger partial charge on any atom is 0.203 e. The Morgan fingerprint density at radius 2 is 2.00 bits per heavy atom. The summed E-state index contributed by atoms with van der Waals surface area (Å²) in [4.78, 5) is 8.66. The fourth-order valence-electron chi connectivity index (χ4n) is 1.68. The Labute approximate surface area is 134 Å². The Hall–Kier alpha value is -2.05. The summed E-state index contributed by atoms with van der Waals surface area (Å²) in [5, 5.41) is 6.89. The Bertz CT molecular complexity index is 738. The normalized spacial score (nSPS) is 10.9. The molecule has 0 amide bonds. The van der Waals surface area contributed by atoms with Gasteiger partial charge in [0.2, 0.25) is 5.13 Å². The molecule has 0 spiro atoms. The predicted octanol–water partition coefficient (Wildman–Crippen LogP) is 4.41. The van der Waals surface area contributed by atoms with Crippen LogP contribution in [0.5, 0.6) is 0 Å². The van der Waals surface area contributed by atoms with E-state index in [2.05, 4.69) is 36.4 Å². The third-order valence-electron chi connectivity index (χ3n) is 2.69. The summed E-state index contributed by atoms with van der Waals surface area (Å²) in [6.45, 7) is 0. The highest BCUT2D eigenvalue weighted by atomic mass is 79.9. The summed E-state index contributed by atoms with van der Waals surface area (Å²) in [7, 11) is 0. The predicted molar refractivity (Wildman–Crippen MR) is 90.7 cm³/mol. The van der Waals surface area contributed by atoms with E-state index in [1.165, 1.54) is 11.3 Å². The van der Waals surface area contributed by atoms with Crippen molar-refractivity contribution >= 4 is 38.6 Å². The second-order valence-electron chi connectivity index (χ2n) is 4.17. The summed E-state index contributed by atoms with van der Waals surface area (Å²) >= 11 is 4.94. The van der Waals surface area contributed by atoms with Gasteiger partial charge in [-0.2, -0.15) is 5.10 Å². The van der Waals surface area contributed by atoms with Crippen LogP contribution < -0.4 is 5.43 Å². The van der Waals surface area contributed by atoms with E-state index < -0.39 is 0 Å². The van der Waals surface area contributed by atoms with Crippen LogP contribution in [0.15, 0.2) is 63.6 Å². The molecule has 1 N–H and O–H groups in total. The molecule has 0 aliphatic rings. The van der Waals surface area contributed by atoms with Gasteiger partial charge >= 0.3 is 0 Å². The van der Waals surface area contributed by atoms with Gasteiger partial charge in [0.15, 0.2) is 0 Å². The summed E-state index contributed by atoms with van der Waals surface area (Å²) in [6, 6.07) is 13.7. The van der Waals surface area contributed by atoms with Gasteiger partial charge in [0, 0.05) is 21.6 Å². The van der Waals surface area contributed by atoms with Gasteiger partial charge in [-0.05, 0) is 24.3 Å². The van der Waals surface area contributed by atoms with Crippen molar-refractivity contribution in [3.05, 3.63) is 64.2 Å². The lowest BCUT2D eigenvalue weighted by molar-refractivity contribution is 1.26. The topological polar surface area (TPSA) is 50.2 Å². The van der Waals surface area contributed by atoms with E-state index in [9.17, 15) is 0 Å². The quantitative estimate of drug-likeness (QED) is 0.554. The molecule has 6 heteroatoms. The molecule has 0 atom stereocenters. The number of hydrogen-bond acceptors (Lipinski definition) is 5. The highest BCUT2D eigenvalue weighted by Gasteiger charge is 2.03. The molecule has 2 aromatic heterocycles. The molecule has 0 unspecified atom stereocenters. The Balaban J connectivity index is 1.68. The number of hydrogen-bond donors (Lipinski definition) is 1. The molecule has 4 nitrogen and oxygen atoms in total. The average Bonchev–Trinajstić information content (AvgIpc) is 2.98. The van der Waals surface area contributed by atoms with E-state index in [0.29, 0.717) is 0 Å². The van der Waals surface area contributed by atoms with Crippen molar-refractivity contribution in [3.8, 4) is 11.3 Å². The van der Waals surface area contributed by atoms with Crippen LogP contribution in [0.1, 0.15) is 5.69 Å². The van der Waals surface area contributed by atoms with Crippen molar-refractivity contribution in [1.29, 1.82) is 0 Å². The largest absolute Gasteiger partial charge is 0.255 e. The minimum Gasteiger partial charge on any atom is -0.255 e. The Morgan fingerprint density at radius 1 is 1.14 bits per heavy atom. The zero-order chi connectivity index (χ0) is 14.5. The number of thiazole rings is 1. The number of pyridine rings is 1. The first-order valence-electron chi connectivity index (χ1n) is 6.23. The van der Waals surface area contributed by atoms with Gasteiger partial charge < -0.3 is 0 Å². The summed E-state index contributed by atoms with van der Waals surface area (Å²) < 4.78 is 1.06. The van der Waals surface area contributed by atoms with E-state index in [4.69, 9.17) is 0 Å². The molecule has 21 heavy (non-hydrogen) atoms. The van der Waals surface area contributed by atoms with Crippen LogP contribution in [0.25, 0.3) is 11.3 Å². The molecule has 0 radical (unpaired) electrons. The van der Waals surface area contributed by atoms with Gasteiger partial charge in [0.1, 0.15) is 0 Å². The molecule has 0 saturated heterocycles. The minimum absolute atomic E-state index is 0.750. The SMILES string of the molecule is Brc1ccc(-c2csc(N/N=C/c3ccccn3)n2)cc1. The van der Waals surface area contributed by atoms with Crippen LogP contribution in [0.3, 0.4) is 0 Å². The molecule has 1 aromatic carbocycles. The fourth-order valence-corrected chi connectivity index (χ4v) is 2.62. The van der Waals surface area contributed by atoms with Crippen molar-refractivity contribution in [2.45, 2.75) is 0 Å². The maximum absolute atomic E-state index is 4.50. The van der Waals surface area contributed by atoms with E-state index in [-0.39, 0.29) is 0 Å². The Kier molecular flexibility index (Phi) is 4.37. The first-order valence-corrected chi connectivity index (χ1v) is 7.90. The van der Waals surface area contributed by atoms with E-state index in [1.54, 1.807) is 12.4 Å². The van der Waals surface area contributed by atoms with E-state index in [0.717, 1.165) is 26.6 Å². The molecule has 0 aliphatic carbocycles. The van der Waals surface area contributed by atoms with Gasteiger partial charge in [0.05, 0.1) is 17.6 Å². The van der Waals surface area contributed by atoms with Crippen molar-refractivity contribution < 1.29 is 0 Å². The van der Waals surface area contributed by atoms with Crippen LogP contribution in [-0.4, -0.2) is 16.2 Å². The van der Waals surface area contributed by atoms with Crippen LogP contribution in [-0.2, 0) is 0 Å². The number of nitrogens with zero attached hydrogens (tertiary/aromatic N) is 3. The molecule has 0 aliphatic heterocycles. The smallest absolute Gasteiger partial charge is 0.203 e. The van der Waals surface area contributed by atoms with Crippen molar-refractivity contribution in [2.24, 2.45) is 5.10 Å². The van der Waals surface area contributed by atoms with Crippen molar-refractivity contribution in [1.82, 2.24) is 9.97 Å². The molecule has 104 valence electrons. The number of anilines is 1. The second kappa shape index (κ2) is 6.60. The number of halogens is 1. The van der Waals surface area contributed by atoms with Crippen molar-refractivity contribution in [2.75, 3.05) is 5.43 Å². The highest BCUT2D eigenvalue weighted by Crippen LogP contribution is 2.25. The van der Waals surface area contributed by atoms with Crippen LogP contribution in [0, 0.1) is 0 Å². The van der Waals surface area contributed by atoms with Crippen LogP contribution in [0.2, 0.25) is 0 Å². The first kappa shape index (κ1) is 13.9. The first-order chi connectivity index (χ1) is 10.3. The van der Waals surface area contributed by atoms with Crippen LogP contribution in [0.4, 0.5) is 5.13 Å². The zero-order valence-corrected chi connectivity index (χ0v) is 13.3. The number of benzene rings is 1. The third kappa shape index (κ3) is 3.74. The van der Waals surface area contributed by atoms with Crippen molar-refractivity contribution in [3.63, 3.8) is 0 Å². The van der Waals surface area contributed by atoms with Gasteiger partial charge in [-0.1, -0.05) is 34.1 Å². The highest BCUT2D eigenvalue weighted by molar-refractivity contribution is 9.10. The maximum atomic E-state index is 4.50. The molecular formula is C15H11BrN4S.